The van der Waals surface area contributed by atoms with Gasteiger partial charge in [-0.25, -0.2) is 9.07 Å². The SMILES string of the molecule is Nc1ccc(F)c(-c2nnnn2CCC2CC2)c1. The van der Waals surface area contributed by atoms with Crippen molar-refractivity contribution in [3.63, 3.8) is 0 Å². The molecule has 1 saturated carbocycles. The molecule has 0 aliphatic heterocycles. The number of rotatable bonds is 4. The molecule has 6 heteroatoms. The molecule has 1 aliphatic carbocycles. The van der Waals surface area contributed by atoms with Crippen molar-refractivity contribution in [2.45, 2.75) is 25.8 Å². The van der Waals surface area contributed by atoms with Crippen molar-refractivity contribution in [2.75, 3.05) is 5.73 Å². The molecule has 2 N–H and O–H groups in total. The highest BCUT2D eigenvalue weighted by molar-refractivity contribution is 5.61. The Kier molecular flexibility index (Phi) is 2.70. The van der Waals surface area contributed by atoms with E-state index in [4.69, 9.17) is 5.73 Å². The molecule has 1 heterocycles. The van der Waals surface area contributed by atoms with E-state index < -0.39 is 0 Å². The van der Waals surface area contributed by atoms with Crippen LogP contribution in [0.25, 0.3) is 11.4 Å². The first-order chi connectivity index (χ1) is 8.74. The highest BCUT2D eigenvalue weighted by atomic mass is 19.1. The molecule has 0 bridgehead atoms. The van der Waals surface area contributed by atoms with Crippen LogP contribution in [0, 0.1) is 11.7 Å². The van der Waals surface area contributed by atoms with Crippen LogP contribution in [0.15, 0.2) is 18.2 Å². The molecule has 0 unspecified atom stereocenters. The van der Waals surface area contributed by atoms with Crippen LogP contribution in [0.4, 0.5) is 10.1 Å². The first-order valence-electron chi connectivity index (χ1n) is 6.05. The van der Waals surface area contributed by atoms with Gasteiger partial charge in [-0.3, -0.25) is 0 Å². The van der Waals surface area contributed by atoms with Crippen LogP contribution >= 0.6 is 0 Å². The Bertz CT molecular complexity index is 561. The fourth-order valence-electron chi connectivity index (χ4n) is 1.97. The summed E-state index contributed by atoms with van der Waals surface area (Å²) in [5, 5.41) is 11.4. The number of hydrogen-bond acceptors (Lipinski definition) is 4. The van der Waals surface area contributed by atoms with E-state index in [1.165, 1.54) is 25.0 Å². The maximum Gasteiger partial charge on any atom is 0.185 e. The topological polar surface area (TPSA) is 69.6 Å². The van der Waals surface area contributed by atoms with Crippen LogP contribution < -0.4 is 5.73 Å². The maximum absolute atomic E-state index is 13.8. The molecule has 3 rings (SSSR count). The number of aromatic nitrogens is 4. The lowest BCUT2D eigenvalue weighted by molar-refractivity contribution is 0.533. The summed E-state index contributed by atoms with van der Waals surface area (Å²) in [7, 11) is 0. The lowest BCUT2D eigenvalue weighted by atomic mass is 10.1. The molecular weight excluding hydrogens is 233 g/mol. The van der Waals surface area contributed by atoms with Crippen LogP contribution in [-0.4, -0.2) is 20.2 Å². The van der Waals surface area contributed by atoms with Crippen molar-refractivity contribution in [1.29, 1.82) is 0 Å². The van der Waals surface area contributed by atoms with Crippen molar-refractivity contribution in [1.82, 2.24) is 20.2 Å². The highest BCUT2D eigenvalue weighted by Gasteiger charge is 2.22. The van der Waals surface area contributed by atoms with Crippen molar-refractivity contribution in [3.05, 3.63) is 24.0 Å². The summed E-state index contributed by atoms with van der Waals surface area (Å²) in [4.78, 5) is 0. The zero-order chi connectivity index (χ0) is 12.5. The molecule has 0 spiro atoms. The van der Waals surface area contributed by atoms with Crippen LogP contribution in [0.3, 0.4) is 0 Å². The number of anilines is 1. The molecule has 2 aromatic rings. The molecule has 5 nitrogen and oxygen atoms in total. The monoisotopic (exact) mass is 247 g/mol. The smallest absolute Gasteiger partial charge is 0.185 e. The standard InChI is InChI=1S/C12H14FN5/c13-11-4-3-9(14)7-10(11)12-15-16-17-18(12)6-5-8-1-2-8/h3-4,7-8H,1-2,5-6,14H2. The Morgan fingerprint density at radius 2 is 2.22 bits per heavy atom. The van der Waals surface area contributed by atoms with Gasteiger partial charge in [0.1, 0.15) is 5.82 Å². The number of nitrogen functional groups attached to an aromatic ring is 1. The minimum atomic E-state index is -0.355. The highest BCUT2D eigenvalue weighted by Crippen LogP contribution is 2.33. The zero-order valence-corrected chi connectivity index (χ0v) is 9.88. The van der Waals surface area contributed by atoms with Crippen molar-refractivity contribution in [2.24, 2.45) is 5.92 Å². The molecular formula is C12H14FN5. The molecule has 1 aromatic carbocycles. The molecule has 0 atom stereocenters. The second-order valence-electron chi connectivity index (χ2n) is 4.70. The number of nitrogens with zero attached hydrogens (tertiary/aromatic N) is 4. The van der Waals surface area contributed by atoms with E-state index in [2.05, 4.69) is 15.5 Å². The number of benzene rings is 1. The fourth-order valence-corrected chi connectivity index (χ4v) is 1.97. The second-order valence-corrected chi connectivity index (χ2v) is 4.70. The van der Waals surface area contributed by atoms with Gasteiger partial charge in [0.15, 0.2) is 5.82 Å². The molecule has 0 amide bonds. The summed E-state index contributed by atoms with van der Waals surface area (Å²) in [5.41, 5.74) is 6.53. The third-order valence-electron chi connectivity index (χ3n) is 3.21. The molecule has 0 saturated heterocycles. The van der Waals surface area contributed by atoms with Gasteiger partial charge in [0.2, 0.25) is 0 Å². The van der Waals surface area contributed by atoms with Gasteiger partial charge in [0, 0.05) is 12.2 Å². The Morgan fingerprint density at radius 3 is 3.00 bits per heavy atom. The minimum absolute atomic E-state index is 0.355. The van der Waals surface area contributed by atoms with Gasteiger partial charge in [-0.1, -0.05) is 12.8 Å². The van der Waals surface area contributed by atoms with Gasteiger partial charge in [0.05, 0.1) is 5.56 Å². The summed E-state index contributed by atoms with van der Waals surface area (Å²) in [6.07, 6.45) is 3.61. The molecule has 18 heavy (non-hydrogen) atoms. The van der Waals surface area contributed by atoms with E-state index in [0.717, 1.165) is 18.9 Å². The van der Waals surface area contributed by atoms with Crippen LogP contribution in [0.1, 0.15) is 19.3 Å². The van der Waals surface area contributed by atoms with Crippen LogP contribution in [-0.2, 0) is 6.54 Å². The average Bonchev–Trinajstić information content (AvgIpc) is 3.08. The van der Waals surface area contributed by atoms with Crippen LogP contribution in [0.2, 0.25) is 0 Å². The third-order valence-corrected chi connectivity index (χ3v) is 3.21. The molecule has 94 valence electrons. The Morgan fingerprint density at radius 1 is 1.39 bits per heavy atom. The molecule has 1 aliphatic rings. The molecule has 0 radical (unpaired) electrons. The Hall–Kier alpha value is -1.98. The maximum atomic E-state index is 13.8. The summed E-state index contributed by atoms with van der Waals surface area (Å²) < 4.78 is 15.4. The van der Waals surface area contributed by atoms with Crippen molar-refractivity contribution >= 4 is 5.69 Å². The van der Waals surface area contributed by atoms with Gasteiger partial charge in [-0.05, 0) is 41.0 Å². The second kappa shape index (κ2) is 4.36. The van der Waals surface area contributed by atoms with E-state index >= 15 is 0 Å². The lowest BCUT2D eigenvalue weighted by Gasteiger charge is -2.05. The van der Waals surface area contributed by atoms with Gasteiger partial charge in [-0.2, -0.15) is 0 Å². The van der Waals surface area contributed by atoms with E-state index in [1.54, 1.807) is 10.7 Å². The zero-order valence-electron chi connectivity index (χ0n) is 9.88. The number of aryl methyl sites for hydroxylation is 1. The molecule has 1 fully saturated rings. The van der Waals surface area contributed by atoms with E-state index in [0.29, 0.717) is 17.1 Å². The van der Waals surface area contributed by atoms with Crippen molar-refractivity contribution in [3.8, 4) is 11.4 Å². The minimum Gasteiger partial charge on any atom is -0.399 e. The summed E-state index contributed by atoms with van der Waals surface area (Å²) in [6.45, 7) is 0.723. The Labute approximate surface area is 104 Å². The quantitative estimate of drug-likeness (QED) is 0.837. The molecule has 1 aromatic heterocycles. The predicted molar refractivity (Wildman–Crippen MR) is 65.0 cm³/mol. The Balaban J connectivity index is 1.90. The number of tetrazole rings is 1. The lowest BCUT2D eigenvalue weighted by Crippen LogP contribution is -2.05. The number of nitrogens with two attached hydrogens (primary N) is 1. The van der Waals surface area contributed by atoms with Gasteiger partial charge >= 0.3 is 0 Å². The van der Waals surface area contributed by atoms with Gasteiger partial charge in [-0.15, -0.1) is 5.10 Å². The third kappa shape index (κ3) is 2.18. The predicted octanol–water partition coefficient (Wildman–Crippen LogP) is 1.86. The first kappa shape index (κ1) is 11.1. The van der Waals surface area contributed by atoms with E-state index in [1.807, 2.05) is 0 Å². The largest absolute Gasteiger partial charge is 0.399 e. The summed E-state index contributed by atoms with van der Waals surface area (Å²) in [5.74, 6) is 0.875. The average molecular weight is 247 g/mol. The first-order valence-corrected chi connectivity index (χ1v) is 6.05. The van der Waals surface area contributed by atoms with E-state index in [-0.39, 0.29) is 5.82 Å². The van der Waals surface area contributed by atoms with Crippen molar-refractivity contribution < 1.29 is 4.39 Å². The normalized spacial score (nSPS) is 14.9. The summed E-state index contributed by atoms with van der Waals surface area (Å²) in [6, 6.07) is 4.43. The van der Waals surface area contributed by atoms with Crippen LogP contribution in [0.5, 0.6) is 0 Å². The van der Waals surface area contributed by atoms with Gasteiger partial charge < -0.3 is 5.73 Å². The number of halogens is 1. The fraction of sp³-hybridized carbons (Fsp3) is 0.417. The summed E-state index contributed by atoms with van der Waals surface area (Å²) >= 11 is 0. The number of hydrogen-bond donors (Lipinski definition) is 1. The van der Waals surface area contributed by atoms with Gasteiger partial charge in [0.25, 0.3) is 0 Å². The van der Waals surface area contributed by atoms with E-state index in [9.17, 15) is 4.39 Å².